The summed E-state index contributed by atoms with van der Waals surface area (Å²) in [6.07, 6.45) is 3.98. The molecule has 3 aromatic carbocycles. The maximum atomic E-state index is 13.7. The molecular formula is C28H22N6O2. The van der Waals surface area contributed by atoms with E-state index >= 15 is 0 Å². The van der Waals surface area contributed by atoms with E-state index in [4.69, 9.17) is 14.7 Å². The monoisotopic (exact) mass is 474 g/mol. The van der Waals surface area contributed by atoms with Gasteiger partial charge in [0.2, 0.25) is 0 Å². The van der Waals surface area contributed by atoms with Crippen LogP contribution in [0.2, 0.25) is 0 Å². The Morgan fingerprint density at radius 3 is 2.36 bits per heavy atom. The predicted molar refractivity (Wildman–Crippen MR) is 141 cm³/mol. The average Bonchev–Trinajstić information content (AvgIpc) is 3.24. The van der Waals surface area contributed by atoms with E-state index in [0.29, 0.717) is 40.7 Å². The van der Waals surface area contributed by atoms with Crippen LogP contribution in [0.4, 0.5) is 0 Å². The number of para-hydroxylation sites is 2. The van der Waals surface area contributed by atoms with Crippen LogP contribution in [0.1, 0.15) is 11.1 Å². The molecule has 0 saturated heterocycles. The number of aryl methyl sites for hydroxylation is 2. The van der Waals surface area contributed by atoms with Gasteiger partial charge in [0.05, 0.1) is 30.7 Å². The Labute approximate surface area is 206 Å². The molecule has 0 fully saturated rings. The van der Waals surface area contributed by atoms with Crippen molar-refractivity contribution in [3.05, 3.63) is 107 Å². The van der Waals surface area contributed by atoms with E-state index in [1.54, 1.807) is 28.9 Å². The Balaban J connectivity index is 1.49. The van der Waals surface area contributed by atoms with Gasteiger partial charge in [-0.2, -0.15) is 9.78 Å². The van der Waals surface area contributed by atoms with Crippen LogP contribution >= 0.6 is 0 Å². The van der Waals surface area contributed by atoms with E-state index in [0.717, 1.165) is 22.4 Å². The van der Waals surface area contributed by atoms with Crippen LogP contribution in [0.3, 0.4) is 0 Å². The Hall–Kier alpha value is -4.85. The van der Waals surface area contributed by atoms with Crippen molar-refractivity contribution in [3.63, 3.8) is 0 Å². The van der Waals surface area contributed by atoms with E-state index < -0.39 is 0 Å². The fourth-order valence-electron chi connectivity index (χ4n) is 4.23. The zero-order valence-corrected chi connectivity index (χ0v) is 19.6. The molecule has 3 heterocycles. The Kier molecular flexibility index (Phi) is 5.46. The molecule has 0 amide bonds. The SMILES string of the molecule is COc1ccc(CCn2cnc3c(c2=O)c2nc4ccccc4nc2n3N=Cc2ccccc2)cc1. The van der Waals surface area contributed by atoms with Crippen molar-refractivity contribution in [2.24, 2.45) is 5.10 Å². The Morgan fingerprint density at radius 2 is 1.61 bits per heavy atom. The van der Waals surface area contributed by atoms with Gasteiger partial charge in [-0.15, -0.1) is 0 Å². The molecule has 0 unspecified atom stereocenters. The Bertz CT molecular complexity index is 1790. The summed E-state index contributed by atoms with van der Waals surface area (Å²) in [5.41, 5.74) is 4.71. The summed E-state index contributed by atoms with van der Waals surface area (Å²) >= 11 is 0. The lowest BCUT2D eigenvalue weighted by atomic mass is 10.1. The van der Waals surface area contributed by atoms with Crippen LogP contribution in [0.5, 0.6) is 5.75 Å². The number of methoxy groups -OCH3 is 1. The molecule has 0 N–H and O–H groups in total. The normalized spacial score (nSPS) is 11.7. The van der Waals surface area contributed by atoms with Gasteiger partial charge in [0.1, 0.15) is 16.7 Å². The minimum atomic E-state index is -0.170. The lowest BCUT2D eigenvalue weighted by Crippen LogP contribution is -2.21. The van der Waals surface area contributed by atoms with E-state index in [-0.39, 0.29) is 5.56 Å². The number of hydrogen-bond acceptors (Lipinski definition) is 6. The molecule has 0 atom stereocenters. The van der Waals surface area contributed by atoms with Gasteiger partial charge in [0, 0.05) is 6.54 Å². The molecule has 3 aromatic heterocycles. The maximum Gasteiger partial charge on any atom is 0.265 e. The molecule has 6 rings (SSSR count). The van der Waals surface area contributed by atoms with E-state index in [2.05, 4.69) is 10.1 Å². The molecule has 8 heteroatoms. The van der Waals surface area contributed by atoms with Gasteiger partial charge in [0.25, 0.3) is 5.56 Å². The molecule has 0 aliphatic carbocycles. The number of aromatic nitrogens is 5. The van der Waals surface area contributed by atoms with Crippen LogP contribution in [-0.4, -0.2) is 37.5 Å². The second-order valence-electron chi connectivity index (χ2n) is 8.39. The average molecular weight is 475 g/mol. The van der Waals surface area contributed by atoms with Gasteiger partial charge in [-0.05, 0) is 41.8 Å². The first kappa shape index (κ1) is 21.7. The second-order valence-corrected chi connectivity index (χ2v) is 8.39. The van der Waals surface area contributed by atoms with Crippen molar-refractivity contribution in [2.75, 3.05) is 7.11 Å². The van der Waals surface area contributed by atoms with Crippen molar-refractivity contribution in [2.45, 2.75) is 13.0 Å². The summed E-state index contributed by atoms with van der Waals surface area (Å²) in [5.74, 6) is 0.800. The molecule has 0 bridgehead atoms. The minimum absolute atomic E-state index is 0.170. The second kappa shape index (κ2) is 9.07. The first-order valence-electron chi connectivity index (χ1n) is 11.6. The zero-order valence-electron chi connectivity index (χ0n) is 19.6. The summed E-state index contributed by atoms with van der Waals surface area (Å²) < 4.78 is 8.45. The number of hydrogen-bond donors (Lipinski definition) is 0. The van der Waals surface area contributed by atoms with Gasteiger partial charge in [-0.1, -0.05) is 54.6 Å². The minimum Gasteiger partial charge on any atom is -0.497 e. The van der Waals surface area contributed by atoms with E-state index in [1.807, 2.05) is 78.9 Å². The molecule has 6 aromatic rings. The third-order valence-electron chi connectivity index (χ3n) is 6.13. The van der Waals surface area contributed by atoms with Gasteiger partial charge in [-0.3, -0.25) is 9.36 Å². The summed E-state index contributed by atoms with van der Waals surface area (Å²) in [6, 6.07) is 25.2. The van der Waals surface area contributed by atoms with Crippen molar-refractivity contribution in [1.82, 2.24) is 24.2 Å². The highest BCUT2D eigenvalue weighted by atomic mass is 16.5. The topological polar surface area (TPSA) is 87.2 Å². The standard InChI is InChI=1S/C28H22N6O2/c1-36-21-13-11-19(12-14-21)15-16-33-18-29-26-24(28(33)35)25-27(32-23-10-6-5-9-22(23)31-25)34(26)30-17-20-7-3-2-4-8-20/h2-14,17-18H,15-16H2,1H3. The van der Waals surface area contributed by atoms with Gasteiger partial charge < -0.3 is 4.74 Å². The smallest absolute Gasteiger partial charge is 0.265 e. The van der Waals surface area contributed by atoms with Crippen LogP contribution in [0, 0.1) is 0 Å². The van der Waals surface area contributed by atoms with Crippen LogP contribution in [0.15, 0.2) is 95.1 Å². The molecular weight excluding hydrogens is 452 g/mol. The maximum absolute atomic E-state index is 13.7. The zero-order chi connectivity index (χ0) is 24.5. The van der Waals surface area contributed by atoms with E-state index in [1.165, 1.54) is 0 Å². The van der Waals surface area contributed by atoms with Crippen LogP contribution in [0.25, 0.3) is 33.2 Å². The fraction of sp³-hybridized carbons (Fsp3) is 0.107. The first-order chi connectivity index (χ1) is 17.7. The number of fused-ring (bicyclic) bond motifs is 4. The van der Waals surface area contributed by atoms with Gasteiger partial charge in [-0.25, -0.2) is 15.0 Å². The van der Waals surface area contributed by atoms with Crippen LogP contribution < -0.4 is 10.3 Å². The molecule has 0 radical (unpaired) electrons. The summed E-state index contributed by atoms with van der Waals surface area (Å²) in [5, 5.41) is 5.05. The Morgan fingerprint density at radius 1 is 0.889 bits per heavy atom. The lowest BCUT2D eigenvalue weighted by Gasteiger charge is -2.07. The molecule has 8 nitrogen and oxygen atoms in total. The van der Waals surface area contributed by atoms with Gasteiger partial charge >= 0.3 is 0 Å². The van der Waals surface area contributed by atoms with Crippen molar-refractivity contribution in [1.29, 1.82) is 0 Å². The van der Waals surface area contributed by atoms with Gasteiger partial charge in [0.15, 0.2) is 11.3 Å². The third-order valence-corrected chi connectivity index (χ3v) is 6.13. The summed E-state index contributed by atoms with van der Waals surface area (Å²) in [7, 11) is 1.64. The fourth-order valence-corrected chi connectivity index (χ4v) is 4.23. The molecule has 36 heavy (non-hydrogen) atoms. The first-order valence-corrected chi connectivity index (χ1v) is 11.6. The van der Waals surface area contributed by atoms with Crippen LogP contribution in [-0.2, 0) is 13.0 Å². The predicted octanol–water partition coefficient (Wildman–Crippen LogP) is 4.43. The van der Waals surface area contributed by atoms with E-state index in [9.17, 15) is 4.79 Å². The number of nitrogens with zero attached hydrogens (tertiary/aromatic N) is 6. The highest BCUT2D eigenvalue weighted by Crippen LogP contribution is 2.25. The molecule has 0 saturated carbocycles. The lowest BCUT2D eigenvalue weighted by molar-refractivity contribution is 0.414. The third kappa shape index (κ3) is 3.88. The molecule has 0 aliphatic rings. The molecule has 0 spiro atoms. The number of ether oxygens (including phenoxy) is 1. The van der Waals surface area contributed by atoms with Crippen molar-refractivity contribution >= 4 is 39.4 Å². The number of rotatable bonds is 6. The number of benzene rings is 3. The highest BCUT2D eigenvalue weighted by molar-refractivity contribution is 6.04. The summed E-state index contributed by atoms with van der Waals surface area (Å²) in [6.45, 7) is 0.481. The molecule has 0 aliphatic heterocycles. The quantitative estimate of drug-likeness (QED) is 0.333. The van der Waals surface area contributed by atoms with Crippen molar-refractivity contribution < 1.29 is 4.74 Å². The largest absolute Gasteiger partial charge is 0.497 e. The highest BCUT2D eigenvalue weighted by Gasteiger charge is 2.19. The molecule has 176 valence electrons. The van der Waals surface area contributed by atoms with Crippen molar-refractivity contribution in [3.8, 4) is 5.75 Å². The summed E-state index contributed by atoms with van der Waals surface area (Å²) in [4.78, 5) is 27.9.